The van der Waals surface area contributed by atoms with Gasteiger partial charge in [-0.2, -0.15) is 5.10 Å². The van der Waals surface area contributed by atoms with Gasteiger partial charge in [-0.15, -0.1) is 0 Å². The van der Waals surface area contributed by atoms with Crippen molar-refractivity contribution in [3.8, 4) is 5.69 Å². The number of benzene rings is 1. The van der Waals surface area contributed by atoms with Gasteiger partial charge in [0, 0.05) is 11.6 Å². The maximum Gasteiger partial charge on any atom is 0.328 e. The summed E-state index contributed by atoms with van der Waals surface area (Å²) in [6.45, 7) is 5.65. The van der Waals surface area contributed by atoms with E-state index in [1.54, 1.807) is 10.8 Å². The quantitative estimate of drug-likeness (QED) is 0.856. The van der Waals surface area contributed by atoms with E-state index in [4.69, 9.17) is 5.11 Å². The van der Waals surface area contributed by atoms with Gasteiger partial charge >= 0.3 is 5.97 Å². The predicted molar refractivity (Wildman–Crippen MR) is 72.2 cm³/mol. The number of hydrogen-bond donors (Lipinski definition) is 1. The Morgan fingerprint density at radius 2 is 2.05 bits per heavy atom. The Kier molecular flexibility index (Phi) is 3.46. The molecule has 0 aliphatic rings. The van der Waals surface area contributed by atoms with Gasteiger partial charge in [-0.05, 0) is 39.0 Å². The van der Waals surface area contributed by atoms with Crippen LogP contribution in [0.15, 0.2) is 24.3 Å². The summed E-state index contributed by atoms with van der Waals surface area (Å²) in [6.07, 6.45) is 2.69. The average Bonchev–Trinajstić information content (AvgIpc) is 2.66. The van der Waals surface area contributed by atoms with Crippen molar-refractivity contribution >= 4 is 12.0 Å². The molecular formula is C14H15N3O2. The molecule has 0 aliphatic carbocycles. The number of nitrogens with zero attached hydrogens (tertiary/aromatic N) is 3. The fraction of sp³-hybridized carbons (Fsp3) is 0.214. The zero-order valence-corrected chi connectivity index (χ0v) is 11.1. The third-order valence-corrected chi connectivity index (χ3v) is 2.69. The second kappa shape index (κ2) is 5.06. The molecule has 19 heavy (non-hydrogen) atoms. The fourth-order valence-corrected chi connectivity index (χ4v) is 1.91. The third kappa shape index (κ3) is 2.88. The molecule has 1 N–H and O–H groups in total. The first-order chi connectivity index (χ1) is 8.97. The molecule has 0 aliphatic heterocycles. The summed E-state index contributed by atoms with van der Waals surface area (Å²) in [7, 11) is 0. The molecule has 5 nitrogen and oxygen atoms in total. The first kappa shape index (κ1) is 13.0. The molecule has 0 saturated carbocycles. The fourth-order valence-electron chi connectivity index (χ4n) is 1.91. The number of rotatable bonds is 3. The van der Waals surface area contributed by atoms with Crippen LogP contribution in [0.4, 0.5) is 0 Å². The lowest BCUT2D eigenvalue weighted by Gasteiger charge is -2.08. The molecule has 5 heteroatoms. The second-order valence-corrected chi connectivity index (χ2v) is 4.35. The van der Waals surface area contributed by atoms with Gasteiger partial charge in [0.05, 0.1) is 5.69 Å². The molecule has 0 unspecified atom stereocenters. The molecule has 2 aromatic rings. The first-order valence-electron chi connectivity index (χ1n) is 5.89. The van der Waals surface area contributed by atoms with Gasteiger partial charge in [0.2, 0.25) is 0 Å². The van der Waals surface area contributed by atoms with Crippen LogP contribution in [0.5, 0.6) is 0 Å². The average molecular weight is 257 g/mol. The Bertz CT molecular complexity index is 657. The van der Waals surface area contributed by atoms with Crippen molar-refractivity contribution in [2.45, 2.75) is 20.8 Å². The highest BCUT2D eigenvalue weighted by molar-refractivity contribution is 5.86. The largest absolute Gasteiger partial charge is 0.478 e. The highest BCUT2D eigenvalue weighted by Gasteiger charge is 2.08. The van der Waals surface area contributed by atoms with Gasteiger partial charge in [-0.25, -0.2) is 14.5 Å². The van der Waals surface area contributed by atoms with Gasteiger partial charge in [-0.3, -0.25) is 0 Å². The number of hydrogen-bond acceptors (Lipinski definition) is 3. The molecule has 0 saturated heterocycles. The Balaban J connectivity index is 2.57. The van der Waals surface area contributed by atoms with E-state index in [2.05, 4.69) is 10.1 Å². The molecular weight excluding hydrogens is 242 g/mol. The van der Waals surface area contributed by atoms with Crippen LogP contribution in [0.3, 0.4) is 0 Å². The Hall–Kier alpha value is -2.43. The minimum Gasteiger partial charge on any atom is -0.478 e. The van der Waals surface area contributed by atoms with Gasteiger partial charge in [0.15, 0.2) is 0 Å². The third-order valence-electron chi connectivity index (χ3n) is 2.69. The van der Waals surface area contributed by atoms with E-state index in [-0.39, 0.29) is 0 Å². The van der Waals surface area contributed by atoms with E-state index in [0.29, 0.717) is 5.82 Å². The molecule has 98 valence electrons. The summed E-state index contributed by atoms with van der Waals surface area (Å²) in [5.74, 6) is 0.483. The molecule has 0 atom stereocenters. The predicted octanol–water partition coefficient (Wildman–Crippen LogP) is 2.29. The minimum absolute atomic E-state index is 0.686. The smallest absolute Gasteiger partial charge is 0.328 e. The zero-order valence-electron chi connectivity index (χ0n) is 11.1. The van der Waals surface area contributed by atoms with Gasteiger partial charge in [0.25, 0.3) is 0 Å². The Labute approximate surface area is 111 Å². The van der Waals surface area contributed by atoms with E-state index >= 15 is 0 Å². The number of aliphatic carboxylic acids is 1. The number of aryl methyl sites for hydroxylation is 3. The van der Waals surface area contributed by atoms with E-state index in [1.165, 1.54) is 0 Å². The molecule has 0 amide bonds. The number of carboxylic acid groups (broad SMARTS) is 1. The van der Waals surface area contributed by atoms with Crippen molar-refractivity contribution in [2.24, 2.45) is 0 Å². The highest BCUT2D eigenvalue weighted by Crippen LogP contribution is 2.19. The molecule has 1 aromatic carbocycles. The van der Waals surface area contributed by atoms with Gasteiger partial charge in [0.1, 0.15) is 11.6 Å². The van der Waals surface area contributed by atoms with Crippen LogP contribution in [0.2, 0.25) is 0 Å². The van der Waals surface area contributed by atoms with E-state index in [9.17, 15) is 4.79 Å². The standard InChI is InChI=1S/C14H15N3O2/c1-9-4-6-13(12(8-9)5-7-14(18)19)17-11(3)15-10(2)16-17/h4-8H,1-3H3,(H,18,19)/b7-5+. The normalized spacial score (nSPS) is 11.1. The topological polar surface area (TPSA) is 68.0 Å². The lowest BCUT2D eigenvalue weighted by molar-refractivity contribution is -0.131. The number of aromatic nitrogens is 3. The Morgan fingerprint density at radius 1 is 1.32 bits per heavy atom. The second-order valence-electron chi connectivity index (χ2n) is 4.35. The number of carboxylic acids is 1. The molecule has 1 aromatic heterocycles. The molecule has 2 rings (SSSR count). The molecule has 0 fully saturated rings. The van der Waals surface area contributed by atoms with Crippen molar-refractivity contribution < 1.29 is 9.90 Å². The lowest BCUT2D eigenvalue weighted by Crippen LogP contribution is -2.02. The zero-order chi connectivity index (χ0) is 14.0. The van der Waals surface area contributed by atoms with E-state index < -0.39 is 5.97 Å². The van der Waals surface area contributed by atoms with Crippen LogP contribution in [-0.2, 0) is 4.79 Å². The summed E-state index contributed by atoms with van der Waals surface area (Å²) in [5.41, 5.74) is 2.68. The summed E-state index contributed by atoms with van der Waals surface area (Å²) in [4.78, 5) is 14.9. The van der Waals surface area contributed by atoms with Gasteiger partial charge in [-0.1, -0.05) is 11.6 Å². The number of carbonyl (C=O) groups is 1. The monoisotopic (exact) mass is 257 g/mol. The highest BCUT2D eigenvalue weighted by atomic mass is 16.4. The van der Waals surface area contributed by atoms with E-state index in [1.807, 2.05) is 39.0 Å². The van der Waals surface area contributed by atoms with Crippen molar-refractivity contribution in [3.63, 3.8) is 0 Å². The SMILES string of the molecule is Cc1ccc(-n2nc(C)nc2C)c(/C=C/C(=O)O)c1. The summed E-state index contributed by atoms with van der Waals surface area (Å²) < 4.78 is 1.72. The summed E-state index contributed by atoms with van der Waals surface area (Å²) in [6, 6.07) is 5.80. The van der Waals surface area contributed by atoms with Crippen LogP contribution in [-0.4, -0.2) is 25.8 Å². The first-order valence-corrected chi connectivity index (χ1v) is 5.89. The minimum atomic E-state index is -0.973. The molecule has 0 radical (unpaired) electrons. The summed E-state index contributed by atoms with van der Waals surface area (Å²) >= 11 is 0. The van der Waals surface area contributed by atoms with Crippen LogP contribution < -0.4 is 0 Å². The van der Waals surface area contributed by atoms with Crippen LogP contribution in [0.25, 0.3) is 11.8 Å². The maximum absolute atomic E-state index is 10.7. The van der Waals surface area contributed by atoms with Gasteiger partial charge < -0.3 is 5.11 Å². The van der Waals surface area contributed by atoms with Crippen LogP contribution in [0.1, 0.15) is 22.8 Å². The lowest BCUT2D eigenvalue weighted by atomic mass is 10.1. The van der Waals surface area contributed by atoms with Crippen LogP contribution in [0, 0.1) is 20.8 Å². The van der Waals surface area contributed by atoms with Crippen molar-refractivity contribution in [2.75, 3.05) is 0 Å². The van der Waals surface area contributed by atoms with E-state index in [0.717, 1.165) is 28.7 Å². The molecule has 0 bridgehead atoms. The van der Waals surface area contributed by atoms with Crippen molar-refractivity contribution in [3.05, 3.63) is 47.1 Å². The maximum atomic E-state index is 10.7. The summed E-state index contributed by atoms with van der Waals surface area (Å²) in [5, 5.41) is 13.1. The van der Waals surface area contributed by atoms with Crippen molar-refractivity contribution in [1.29, 1.82) is 0 Å². The Morgan fingerprint density at radius 3 is 2.63 bits per heavy atom. The molecule has 1 heterocycles. The van der Waals surface area contributed by atoms with Crippen molar-refractivity contribution in [1.82, 2.24) is 14.8 Å². The molecule has 0 spiro atoms. The van der Waals surface area contributed by atoms with Crippen LogP contribution >= 0.6 is 0 Å².